The van der Waals surface area contributed by atoms with Crippen LogP contribution < -0.4 is 16.2 Å². The van der Waals surface area contributed by atoms with E-state index in [4.69, 9.17) is 16.2 Å². The van der Waals surface area contributed by atoms with E-state index in [1.807, 2.05) is 24.3 Å². The van der Waals surface area contributed by atoms with E-state index >= 15 is 0 Å². The third-order valence-electron chi connectivity index (χ3n) is 4.40. The third kappa shape index (κ3) is 2.21. The summed E-state index contributed by atoms with van der Waals surface area (Å²) in [5, 5.41) is -0.469. The van der Waals surface area contributed by atoms with Gasteiger partial charge in [-0.2, -0.15) is 0 Å². The van der Waals surface area contributed by atoms with E-state index in [1.54, 1.807) is 14.0 Å². The predicted molar refractivity (Wildman–Crippen MR) is 79.5 cm³/mol. The number of sulfone groups is 1. The molecule has 2 unspecified atom stereocenters. The second-order valence-corrected chi connectivity index (χ2v) is 7.68. The molecule has 1 fully saturated rings. The minimum absolute atomic E-state index is 0.117. The molecule has 0 bridgehead atoms. The molecule has 0 heterocycles. The minimum Gasteiger partial charge on any atom is -0.497 e. The van der Waals surface area contributed by atoms with Gasteiger partial charge >= 0.3 is 0 Å². The summed E-state index contributed by atoms with van der Waals surface area (Å²) in [6, 6.07) is 7.46. The Bertz CT molecular complexity index is 565. The Balaban J connectivity index is 2.38. The van der Waals surface area contributed by atoms with Crippen molar-refractivity contribution in [2.75, 3.05) is 26.0 Å². The second-order valence-electron chi connectivity index (χ2n) is 5.26. The largest absolute Gasteiger partial charge is 0.497 e. The van der Waals surface area contributed by atoms with Crippen molar-refractivity contribution in [3.05, 3.63) is 29.8 Å². The molecule has 5 nitrogen and oxygen atoms in total. The lowest BCUT2D eigenvalue weighted by atomic mass is 9.99. The zero-order chi connectivity index (χ0) is 15.0. The number of methoxy groups -OCH3 is 1. The van der Waals surface area contributed by atoms with E-state index in [2.05, 4.69) is 0 Å². The lowest BCUT2D eigenvalue weighted by Crippen LogP contribution is -2.31. The molecule has 1 aliphatic rings. The van der Waals surface area contributed by atoms with Crippen molar-refractivity contribution in [3.8, 4) is 5.75 Å². The smallest absolute Gasteiger partial charge is 0.154 e. The summed E-state index contributed by atoms with van der Waals surface area (Å²) in [6.45, 7) is 2.23. The first-order valence-corrected chi connectivity index (χ1v) is 8.44. The van der Waals surface area contributed by atoms with Gasteiger partial charge in [0.1, 0.15) is 5.75 Å². The summed E-state index contributed by atoms with van der Waals surface area (Å²) in [5.41, 5.74) is 12.1. The van der Waals surface area contributed by atoms with Crippen molar-refractivity contribution >= 4 is 9.84 Å². The molecular formula is C14H22N2O3S. The van der Waals surface area contributed by atoms with Gasteiger partial charge in [-0.15, -0.1) is 0 Å². The molecule has 0 amide bonds. The van der Waals surface area contributed by atoms with Crippen molar-refractivity contribution in [3.63, 3.8) is 0 Å². The summed E-state index contributed by atoms with van der Waals surface area (Å²) in [6.07, 6.45) is 0. The molecule has 0 spiro atoms. The van der Waals surface area contributed by atoms with Gasteiger partial charge in [0.15, 0.2) is 9.84 Å². The van der Waals surface area contributed by atoms with E-state index < -0.39 is 20.5 Å². The van der Waals surface area contributed by atoms with Crippen LogP contribution in [0.1, 0.15) is 18.4 Å². The summed E-state index contributed by atoms with van der Waals surface area (Å²) < 4.78 is 29.7. The molecule has 2 atom stereocenters. The van der Waals surface area contributed by atoms with Gasteiger partial charge in [0.2, 0.25) is 0 Å². The highest BCUT2D eigenvalue weighted by Gasteiger charge is 2.68. The van der Waals surface area contributed by atoms with Crippen LogP contribution in [0, 0.1) is 5.41 Å². The van der Waals surface area contributed by atoms with Crippen molar-refractivity contribution in [1.82, 2.24) is 0 Å². The summed E-state index contributed by atoms with van der Waals surface area (Å²) in [5.74, 6) is 0.746. The Morgan fingerprint density at radius 3 is 2.15 bits per heavy atom. The predicted octanol–water partition coefficient (Wildman–Crippen LogP) is 0.500. The summed E-state index contributed by atoms with van der Waals surface area (Å²) in [4.78, 5) is 0. The molecule has 112 valence electrons. The Morgan fingerprint density at radius 1 is 1.20 bits per heavy atom. The summed E-state index contributed by atoms with van der Waals surface area (Å²) >= 11 is 0. The van der Waals surface area contributed by atoms with Gasteiger partial charge in [-0.3, -0.25) is 0 Å². The molecule has 1 aliphatic carbocycles. The third-order valence-corrected chi connectivity index (χ3v) is 6.72. The molecule has 6 heteroatoms. The molecule has 2 rings (SSSR count). The normalized spacial score (nSPS) is 24.4. The Hall–Kier alpha value is -1.11. The highest BCUT2D eigenvalue weighted by molar-refractivity contribution is 7.92. The van der Waals surface area contributed by atoms with E-state index in [1.165, 1.54) is 0 Å². The monoisotopic (exact) mass is 298 g/mol. The number of nitrogens with two attached hydrogens (primary N) is 2. The highest BCUT2D eigenvalue weighted by Crippen LogP contribution is 2.62. The van der Waals surface area contributed by atoms with Gasteiger partial charge in [-0.05, 0) is 17.7 Å². The van der Waals surface area contributed by atoms with Crippen molar-refractivity contribution in [2.24, 2.45) is 16.9 Å². The lowest BCUT2D eigenvalue weighted by Gasteiger charge is -2.12. The van der Waals surface area contributed by atoms with Gasteiger partial charge in [0.25, 0.3) is 0 Å². The van der Waals surface area contributed by atoms with Crippen molar-refractivity contribution in [2.45, 2.75) is 18.1 Å². The van der Waals surface area contributed by atoms with Crippen LogP contribution in [0.5, 0.6) is 5.75 Å². The molecule has 0 radical (unpaired) electrons. The fourth-order valence-corrected chi connectivity index (χ4v) is 5.26. The van der Waals surface area contributed by atoms with Crippen LogP contribution >= 0.6 is 0 Å². The van der Waals surface area contributed by atoms with Crippen molar-refractivity contribution < 1.29 is 13.2 Å². The average Bonchev–Trinajstić information content (AvgIpc) is 3.18. The van der Waals surface area contributed by atoms with Crippen LogP contribution in [0.2, 0.25) is 0 Å². The van der Waals surface area contributed by atoms with Crippen LogP contribution in [-0.4, -0.2) is 39.6 Å². The maximum absolute atomic E-state index is 12.3. The summed E-state index contributed by atoms with van der Waals surface area (Å²) in [7, 11) is -1.56. The molecule has 1 aromatic rings. The van der Waals surface area contributed by atoms with Crippen LogP contribution in [-0.2, 0) is 9.84 Å². The lowest BCUT2D eigenvalue weighted by molar-refractivity contribution is 0.414. The van der Waals surface area contributed by atoms with Crippen molar-refractivity contribution in [1.29, 1.82) is 0 Å². The fraction of sp³-hybridized carbons (Fsp3) is 0.571. The molecule has 20 heavy (non-hydrogen) atoms. The first-order chi connectivity index (χ1) is 9.46. The van der Waals surface area contributed by atoms with Crippen LogP contribution in [0.3, 0.4) is 0 Å². The maximum atomic E-state index is 12.3. The number of rotatable bonds is 6. The first kappa shape index (κ1) is 15.3. The minimum atomic E-state index is -3.16. The molecule has 1 aromatic carbocycles. The van der Waals surface area contributed by atoms with Crippen LogP contribution in [0.15, 0.2) is 24.3 Å². The fourth-order valence-electron chi connectivity index (χ4n) is 3.09. The van der Waals surface area contributed by atoms with E-state index in [0.717, 1.165) is 11.3 Å². The number of hydrogen-bond acceptors (Lipinski definition) is 5. The molecule has 1 saturated carbocycles. The van der Waals surface area contributed by atoms with E-state index in [-0.39, 0.29) is 24.8 Å². The topological polar surface area (TPSA) is 95.4 Å². The Morgan fingerprint density at radius 2 is 1.75 bits per heavy atom. The molecular weight excluding hydrogens is 276 g/mol. The second kappa shape index (κ2) is 5.35. The Labute approximate surface area is 120 Å². The quantitative estimate of drug-likeness (QED) is 0.797. The van der Waals surface area contributed by atoms with Gasteiger partial charge < -0.3 is 16.2 Å². The Kier molecular flexibility index (Phi) is 4.09. The number of hydrogen-bond donors (Lipinski definition) is 2. The number of ether oxygens (including phenoxy) is 1. The van der Waals surface area contributed by atoms with Crippen LogP contribution in [0.25, 0.3) is 0 Å². The zero-order valence-electron chi connectivity index (χ0n) is 11.9. The first-order valence-electron chi connectivity index (χ1n) is 6.72. The van der Waals surface area contributed by atoms with E-state index in [0.29, 0.717) is 0 Å². The molecule has 0 saturated heterocycles. The van der Waals surface area contributed by atoms with Gasteiger partial charge in [0.05, 0.1) is 12.4 Å². The maximum Gasteiger partial charge on any atom is 0.154 e. The van der Waals surface area contributed by atoms with Gasteiger partial charge in [-0.25, -0.2) is 8.42 Å². The van der Waals surface area contributed by atoms with E-state index in [9.17, 15) is 8.42 Å². The SMILES string of the molecule is CCS(=O)(=O)C1C(c2ccc(OC)cc2)C1(CN)CN. The van der Waals surface area contributed by atoms with Gasteiger partial charge in [0, 0.05) is 30.2 Å². The van der Waals surface area contributed by atoms with Gasteiger partial charge in [-0.1, -0.05) is 19.1 Å². The molecule has 0 aliphatic heterocycles. The van der Waals surface area contributed by atoms with Crippen LogP contribution in [0.4, 0.5) is 0 Å². The zero-order valence-corrected chi connectivity index (χ0v) is 12.7. The highest BCUT2D eigenvalue weighted by atomic mass is 32.2. The number of benzene rings is 1. The standard InChI is InChI=1S/C14H22N2O3S/c1-3-20(17,18)13-12(14(13,8-15)9-16)10-4-6-11(19-2)7-5-10/h4-7,12-13H,3,8-9,15-16H2,1-2H3. The average molecular weight is 298 g/mol. The molecule has 0 aromatic heterocycles. The molecule has 4 N–H and O–H groups in total.